The third-order valence-corrected chi connectivity index (χ3v) is 2.33. The molecule has 0 aliphatic rings. The van der Waals surface area contributed by atoms with Crippen LogP contribution < -0.4 is 5.32 Å². The van der Waals surface area contributed by atoms with E-state index in [1.165, 1.54) is 6.33 Å². The number of hydrogen-bond donors (Lipinski definition) is 2. The van der Waals surface area contributed by atoms with E-state index in [2.05, 4.69) is 27.4 Å². The van der Waals surface area contributed by atoms with Crippen molar-refractivity contribution in [3.8, 4) is 0 Å². The lowest BCUT2D eigenvalue weighted by Gasteiger charge is -2.22. The van der Waals surface area contributed by atoms with Crippen molar-refractivity contribution in [1.82, 2.24) is 20.5 Å². The minimum atomic E-state index is -0.383. The largest absolute Gasteiger partial charge is 0.346 e. The quantitative estimate of drug-likeness (QED) is 0.819. The van der Waals surface area contributed by atoms with Gasteiger partial charge < -0.3 is 5.32 Å². The number of aromatic nitrogens is 3. The Bertz CT molecular complexity index is 326. The molecule has 0 fully saturated rings. The first-order chi connectivity index (χ1) is 7.45. The van der Waals surface area contributed by atoms with E-state index < -0.39 is 0 Å². The van der Waals surface area contributed by atoms with Gasteiger partial charge in [-0.05, 0) is 6.42 Å². The molecule has 0 aromatic carbocycles. The molecule has 0 radical (unpaired) electrons. The number of amides is 1. The summed E-state index contributed by atoms with van der Waals surface area (Å²) in [6, 6.07) is -0.0702. The zero-order chi connectivity index (χ0) is 12.2. The van der Waals surface area contributed by atoms with Crippen molar-refractivity contribution >= 4 is 5.91 Å². The van der Waals surface area contributed by atoms with Crippen LogP contribution in [0.15, 0.2) is 6.33 Å². The molecule has 16 heavy (non-hydrogen) atoms. The lowest BCUT2D eigenvalue weighted by Crippen LogP contribution is -2.37. The van der Waals surface area contributed by atoms with Crippen molar-refractivity contribution in [2.45, 2.75) is 46.6 Å². The van der Waals surface area contributed by atoms with Crippen LogP contribution >= 0.6 is 0 Å². The topological polar surface area (TPSA) is 70.7 Å². The van der Waals surface area contributed by atoms with Crippen LogP contribution in [0.1, 0.15) is 52.4 Å². The van der Waals surface area contributed by atoms with Gasteiger partial charge in [0.1, 0.15) is 12.2 Å². The van der Waals surface area contributed by atoms with E-state index >= 15 is 0 Å². The van der Waals surface area contributed by atoms with Crippen molar-refractivity contribution in [2.75, 3.05) is 0 Å². The molecule has 1 atom stereocenters. The van der Waals surface area contributed by atoms with E-state index in [-0.39, 0.29) is 17.4 Å². The fraction of sp³-hybridized carbons (Fsp3) is 0.727. The number of aromatic amines is 1. The number of carbonyl (C=O) groups is 1. The highest BCUT2D eigenvalue weighted by molar-refractivity contribution is 5.81. The van der Waals surface area contributed by atoms with Gasteiger partial charge in [0, 0.05) is 5.41 Å². The van der Waals surface area contributed by atoms with Crippen molar-refractivity contribution in [3.05, 3.63) is 12.2 Å². The zero-order valence-corrected chi connectivity index (χ0v) is 10.4. The van der Waals surface area contributed by atoms with Gasteiger partial charge in [-0.25, -0.2) is 4.98 Å². The minimum absolute atomic E-state index is 0.0300. The minimum Gasteiger partial charge on any atom is -0.346 e. The summed E-state index contributed by atoms with van der Waals surface area (Å²) in [5.74, 6) is 0.752. The van der Waals surface area contributed by atoms with Crippen molar-refractivity contribution < 1.29 is 4.79 Å². The molecular formula is C11H20N4O. The Labute approximate surface area is 96.0 Å². The van der Waals surface area contributed by atoms with E-state index in [1.807, 2.05) is 20.8 Å². The Morgan fingerprint density at radius 2 is 2.25 bits per heavy atom. The first-order valence-corrected chi connectivity index (χ1v) is 5.61. The molecule has 1 aromatic heterocycles. The summed E-state index contributed by atoms with van der Waals surface area (Å²) in [4.78, 5) is 16.0. The number of rotatable bonds is 4. The van der Waals surface area contributed by atoms with E-state index in [0.717, 1.165) is 18.7 Å². The molecule has 1 amide bonds. The van der Waals surface area contributed by atoms with Crippen LogP contribution in [-0.4, -0.2) is 21.1 Å². The molecule has 5 nitrogen and oxygen atoms in total. The number of nitrogens with zero attached hydrogens (tertiary/aromatic N) is 2. The van der Waals surface area contributed by atoms with Gasteiger partial charge in [0.15, 0.2) is 0 Å². The molecule has 90 valence electrons. The number of carbonyl (C=O) groups excluding carboxylic acids is 1. The molecule has 2 N–H and O–H groups in total. The standard InChI is InChI=1S/C11H20N4O/c1-5-6-8(9-12-7-13-15-9)14-10(16)11(2,3)4/h7-8H,5-6H2,1-4H3,(H,14,16)(H,12,13,15). The number of hydrogen-bond acceptors (Lipinski definition) is 3. The smallest absolute Gasteiger partial charge is 0.225 e. The van der Waals surface area contributed by atoms with Crippen LogP contribution in [-0.2, 0) is 4.79 Å². The van der Waals surface area contributed by atoms with Crippen LogP contribution in [0.4, 0.5) is 0 Å². The molecule has 1 heterocycles. The maximum Gasteiger partial charge on any atom is 0.225 e. The first kappa shape index (κ1) is 12.7. The van der Waals surface area contributed by atoms with E-state index in [0.29, 0.717) is 0 Å². The SMILES string of the molecule is CCCC(NC(=O)C(C)(C)C)c1ncn[nH]1. The van der Waals surface area contributed by atoms with Crippen molar-refractivity contribution in [1.29, 1.82) is 0 Å². The normalized spacial score (nSPS) is 13.5. The van der Waals surface area contributed by atoms with Gasteiger partial charge >= 0.3 is 0 Å². The van der Waals surface area contributed by atoms with Gasteiger partial charge in [-0.15, -0.1) is 0 Å². The number of H-pyrrole nitrogens is 1. The Morgan fingerprint density at radius 3 is 2.69 bits per heavy atom. The molecule has 0 spiro atoms. The highest BCUT2D eigenvalue weighted by Gasteiger charge is 2.25. The van der Waals surface area contributed by atoms with E-state index in [4.69, 9.17) is 0 Å². The molecule has 1 aromatic rings. The predicted octanol–water partition coefficient (Wildman–Crippen LogP) is 1.81. The van der Waals surface area contributed by atoms with Gasteiger partial charge in [-0.3, -0.25) is 9.89 Å². The Kier molecular flexibility index (Phi) is 4.04. The van der Waals surface area contributed by atoms with Crippen LogP contribution in [0.3, 0.4) is 0 Å². The highest BCUT2D eigenvalue weighted by atomic mass is 16.2. The third-order valence-electron chi connectivity index (χ3n) is 2.33. The summed E-state index contributed by atoms with van der Waals surface area (Å²) in [6.07, 6.45) is 3.30. The molecule has 1 unspecified atom stereocenters. The van der Waals surface area contributed by atoms with Gasteiger partial charge in [-0.2, -0.15) is 5.10 Å². The summed E-state index contributed by atoms with van der Waals surface area (Å²) in [7, 11) is 0. The second kappa shape index (κ2) is 5.09. The van der Waals surface area contributed by atoms with Gasteiger partial charge in [0.2, 0.25) is 5.91 Å². The molecule has 5 heteroatoms. The monoisotopic (exact) mass is 224 g/mol. The van der Waals surface area contributed by atoms with E-state index in [1.54, 1.807) is 0 Å². The van der Waals surface area contributed by atoms with Crippen LogP contribution in [0.5, 0.6) is 0 Å². The average molecular weight is 224 g/mol. The summed E-state index contributed by atoms with van der Waals surface area (Å²) in [5, 5.41) is 9.60. The van der Waals surface area contributed by atoms with Gasteiger partial charge in [-0.1, -0.05) is 34.1 Å². The molecule has 1 rings (SSSR count). The Morgan fingerprint density at radius 1 is 1.56 bits per heavy atom. The summed E-state index contributed by atoms with van der Waals surface area (Å²) in [6.45, 7) is 7.76. The predicted molar refractivity (Wildman–Crippen MR) is 61.6 cm³/mol. The lowest BCUT2D eigenvalue weighted by molar-refractivity contribution is -0.129. The second-order valence-corrected chi connectivity index (χ2v) is 4.94. The average Bonchev–Trinajstić information content (AvgIpc) is 2.68. The van der Waals surface area contributed by atoms with Crippen LogP contribution in [0.25, 0.3) is 0 Å². The van der Waals surface area contributed by atoms with Gasteiger partial charge in [0.05, 0.1) is 6.04 Å². The Hall–Kier alpha value is -1.39. The lowest BCUT2D eigenvalue weighted by atomic mass is 9.95. The van der Waals surface area contributed by atoms with Crippen LogP contribution in [0.2, 0.25) is 0 Å². The third kappa shape index (κ3) is 3.32. The van der Waals surface area contributed by atoms with Crippen molar-refractivity contribution in [3.63, 3.8) is 0 Å². The highest BCUT2D eigenvalue weighted by Crippen LogP contribution is 2.18. The van der Waals surface area contributed by atoms with Crippen molar-refractivity contribution in [2.24, 2.45) is 5.41 Å². The molecular weight excluding hydrogens is 204 g/mol. The fourth-order valence-electron chi connectivity index (χ4n) is 1.32. The molecule has 0 saturated heterocycles. The molecule has 0 aliphatic heterocycles. The second-order valence-electron chi connectivity index (χ2n) is 4.94. The zero-order valence-electron chi connectivity index (χ0n) is 10.4. The first-order valence-electron chi connectivity index (χ1n) is 5.61. The maximum atomic E-state index is 11.9. The Balaban J connectivity index is 2.70. The maximum absolute atomic E-state index is 11.9. The summed E-state index contributed by atoms with van der Waals surface area (Å²) >= 11 is 0. The fourth-order valence-corrected chi connectivity index (χ4v) is 1.32. The summed E-state index contributed by atoms with van der Waals surface area (Å²) < 4.78 is 0. The molecule has 0 bridgehead atoms. The summed E-state index contributed by atoms with van der Waals surface area (Å²) in [5.41, 5.74) is -0.383. The molecule has 0 saturated carbocycles. The van der Waals surface area contributed by atoms with E-state index in [9.17, 15) is 4.79 Å². The van der Waals surface area contributed by atoms with Crippen LogP contribution in [0, 0.1) is 5.41 Å². The number of nitrogens with one attached hydrogen (secondary N) is 2. The molecule has 0 aliphatic carbocycles. The van der Waals surface area contributed by atoms with Gasteiger partial charge in [0.25, 0.3) is 0 Å².